The maximum absolute atomic E-state index is 12.7. The Morgan fingerprint density at radius 2 is 2.00 bits per heavy atom. The normalized spacial score (nSPS) is 12.1. The SMILES string of the molecule is Cc1cc(/C=N\n2c(C)nc3sccc3c2=O)c(C)n1-c1ccnn1C(C)C. The van der Waals surface area contributed by atoms with E-state index in [0.29, 0.717) is 11.2 Å². The molecular formula is C20H22N6OS. The minimum absolute atomic E-state index is 0.147. The molecule has 144 valence electrons. The van der Waals surface area contributed by atoms with Crippen LogP contribution in [0.25, 0.3) is 16.0 Å². The van der Waals surface area contributed by atoms with Gasteiger partial charge in [-0.3, -0.25) is 4.79 Å². The molecule has 0 amide bonds. The average Bonchev–Trinajstić information content (AvgIpc) is 3.34. The lowest BCUT2D eigenvalue weighted by Gasteiger charge is -2.15. The molecule has 28 heavy (non-hydrogen) atoms. The maximum Gasteiger partial charge on any atom is 0.282 e. The summed E-state index contributed by atoms with van der Waals surface area (Å²) in [6.07, 6.45) is 3.54. The van der Waals surface area contributed by atoms with Crippen molar-refractivity contribution in [1.82, 2.24) is 24.0 Å². The summed E-state index contributed by atoms with van der Waals surface area (Å²) < 4.78 is 5.51. The number of hydrogen-bond acceptors (Lipinski definition) is 5. The Bertz CT molecular complexity index is 1250. The van der Waals surface area contributed by atoms with Gasteiger partial charge >= 0.3 is 0 Å². The molecule has 0 aliphatic carbocycles. The van der Waals surface area contributed by atoms with Crippen LogP contribution in [0.5, 0.6) is 0 Å². The predicted molar refractivity (Wildman–Crippen MR) is 113 cm³/mol. The Hall–Kier alpha value is -3.00. The van der Waals surface area contributed by atoms with E-state index in [-0.39, 0.29) is 11.6 Å². The standard InChI is InChI=1S/C20H22N6OS/c1-12(2)25-18(6-8-21-25)24-13(3)10-16(14(24)4)11-22-26-15(5)23-19-17(20(26)27)7-9-28-19/h6-12H,1-5H3/b22-11-. The highest BCUT2D eigenvalue weighted by molar-refractivity contribution is 7.16. The molecule has 4 aromatic rings. The molecule has 0 atom stereocenters. The maximum atomic E-state index is 12.7. The number of nitrogens with zero attached hydrogens (tertiary/aromatic N) is 6. The first-order chi connectivity index (χ1) is 13.4. The fraction of sp³-hybridized carbons (Fsp3) is 0.300. The molecule has 0 spiro atoms. The highest BCUT2D eigenvalue weighted by atomic mass is 32.1. The van der Waals surface area contributed by atoms with Gasteiger partial charge in [0.1, 0.15) is 16.5 Å². The molecule has 0 saturated heterocycles. The lowest BCUT2D eigenvalue weighted by Crippen LogP contribution is -2.19. The molecule has 0 radical (unpaired) electrons. The minimum Gasteiger partial charge on any atom is -0.303 e. The van der Waals surface area contributed by atoms with Crippen LogP contribution in [0.15, 0.2) is 39.7 Å². The van der Waals surface area contributed by atoms with Crippen molar-refractivity contribution in [2.45, 2.75) is 40.7 Å². The first-order valence-electron chi connectivity index (χ1n) is 9.12. The Morgan fingerprint density at radius 3 is 2.75 bits per heavy atom. The number of fused-ring (bicyclic) bond motifs is 1. The quantitative estimate of drug-likeness (QED) is 0.494. The summed E-state index contributed by atoms with van der Waals surface area (Å²) in [4.78, 5) is 17.9. The van der Waals surface area contributed by atoms with Gasteiger partial charge in [0.25, 0.3) is 5.56 Å². The first kappa shape index (κ1) is 18.4. The molecule has 0 aromatic carbocycles. The number of aryl methyl sites for hydroxylation is 2. The second kappa shape index (κ2) is 6.87. The Morgan fingerprint density at radius 1 is 1.21 bits per heavy atom. The van der Waals surface area contributed by atoms with Gasteiger partial charge < -0.3 is 4.57 Å². The summed E-state index contributed by atoms with van der Waals surface area (Å²) in [6.45, 7) is 10.1. The van der Waals surface area contributed by atoms with E-state index in [1.807, 2.05) is 29.2 Å². The first-order valence-corrected chi connectivity index (χ1v) is 10.0. The molecule has 4 aromatic heterocycles. The largest absolute Gasteiger partial charge is 0.303 e. The summed E-state index contributed by atoms with van der Waals surface area (Å²) in [5.74, 6) is 1.59. The topological polar surface area (TPSA) is 70.0 Å². The van der Waals surface area contributed by atoms with E-state index >= 15 is 0 Å². The van der Waals surface area contributed by atoms with Gasteiger partial charge in [-0.2, -0.15) is 14.9 Å². The lowest BCUT2D eigenvalue weighted by molar-refractivity contribution is 0.519. The van der Waals surface area contributed by atoms with Crippen LogP contribution in [-0.4, -0.2) is 30.2 Å². The molecule has 7 nitrogen and oxygen atoms in total. The molecule has 0 N–H and O–H groups in total. The van der Waals surface area contributed by atoms with Crippen LogP contribution in [0, 0.1) is 20.8 Å². The van der Waals surface area contributed by atoms with E-state index in [4.69, 9.17) is 0 Å². The van der Waals surface area contributed by atoms with Crippen molar-refractivity contribution in [2.24, 2.45) is 5.10 Å². The van der Waals surface area contributed by atoms with Crippen molar-refractivity contribution in [1.29, 1.82) is 0 Å². The third-order valence-electron chi connectivity index (χ3n) is 4.79. The van der Waals surface area contributed by atoms with E-state index in [1.54, 1.807) is 19.2 Å². The molecular weight excluding hydrogens is 372 g/mol. The zero-order chi connectivity index (χ0) is 20.0. The van der Waals surface area contributed by atoms with Crippen molar-refractivity contribution in [3.8, 4) is 5.82 Å². The summed E-state index contributed by atoms with van der Waals surface area (Å²) in [6, 6.07) is 6.12. The van der Waals surface area contributed by atoms with Crippen molar-refractivity contribution < 1.29 is 0 Å². The highest BCUT2D eigenvalue weighted by Gasteiger charge is 2.15. The lowest BCUT2D eigenvalue weighted by atomic mass is 10.3. The molecule has 0 saturated carbocycles. The number of thiophene rings is 1. The Balaban J connectivity index is 1.78. The van der Waals surface area contributed by atoms with Gasteiger partial charge in [-0.05, 0) is 52.1 Å². The third-order valence-corrected chi connectivity index (χ3v) is 5.59. The van der Waals surface area contributed by atoms with Crippen molar-refractivity contribution in [2.75, 3.05) is 0 Å². The second-order valence-corrected chi connectivity index (χ2v) is 7.94. The van der Waals surface area contributed by atoms with Gasteiger partial charge in [-0.1, -0.05) is 0 Å². The smallest absolute Gasteiger partial charge is 0.282 e. The summed E-state index contributed by atoms with van der Waals surface area (Å²) in [7, 11) is 0. The summed E-state index contributed by atoms with van der Waals surface area (Å²) >= 11 is 1.46. The zero-order valence-corrected chi connectivity index (χ0v) is 17.4. The zero-order valence-electron chi connectivity index (χ0n) is 16.5. The van der Waals surface area contributed by atoms with E-state index < -0.39 is 0 Å². The van der Waals surface area contributed by atoms with Gasteiger partial charge in [0.05, 0.1) is 17.8 Å². The van der Waals surface area contributed by atoms with E-state index in [1.165, 1.54) is 16.0 Å². The van der Waals surface area contributed by atoms with Crippen LogP contribution < -0.4 is 5.56 Å². The van der Waals surface area contributed by atoms with Crippen LogP contribution in [0.1, 0.15) is 42.7 Å². The van der Waals surface area contributed by atoms with Crippen molar-refractivity contribution >= 4 is 27.8 Å². The highest BCUT2D eigenvalue weighted by Crippen LogP contribution is 2.22. The number of rotatable bonds is 4. The van der Waals surface area contributed by atoms with Crippen molar-refractivity contribution in [3.05, 3.63) is 62.9 Å². The van der Waals surface area contributed by atoms with Crippen LogP contribution >= 0.6 is 11.3 Å². The fourth-order valence-electron chi connectivity index (χ4n) is 3.41. The fourth-order valence-corrected chi connectivity index (χ4v) is 4.22. The van der Waals surface area contributed by atoms with E-state index in [2.05, 4.69) is 46.6 Å². The van der Waals surface area contributed by atoms with Crippen molar-refractivity contribution in [3.63, 3.8) is 0 Å². The van der Waals surface area contributed by atoms with Gasteiger partial charge in [0, 0.05) is 29.1 Å². The summed E-state index contributed by atoms with van der Waals surface area (Å²) in [5, 5.41) is 11.3. The van der Waals surface area contributed by atoms with Crippen LogP contribution in [-0.2, 0) is 0 Å². The van der Waals surface area contributed by atoms with E-state index in [9.17, 15) is 4.79 Å². The number of aromatic nitrogens is 5. The second-order valence-electron chi connectivity index (χ2n) is 7.05. The monoisotopic (exact) mass is 394 g/mol. The molecule has 0 aliphatic rings. The van der Waals surface area contributed by atoms with Gasteiger partial charge in [-0.15, -0.1) is 11.3 Å². The molecule has 0 fully saturated rings. The van der Waals surface area contributed by atoms with Crippen LogP contribution in [0.2, 0.25) is 0 Å². The average molecular weight is 395 g/mol. The predicted octanol–water partition coefficient (Wildman–Crippen LogP) is 3.83. The van der Waals surface area contributed by atoms with Gasteiger partial charge in [0.15, 0.2) is 0 Å². The summed E-state index contributed by atoms with van der Waals surface area (Å²) in [5.41, 5.74) is 2.92. The van der Waals surface area contributed by atoms with E-state index in [0.717, 1.165) is 27.6 Å². The number of hydrogen-bond donors (Lipinski definition) is 0. The molecule has 4 heterocycles. The molecule has 0 aliphatic heterocycles. The molecule has 0 unspecified atom stereocenters. The molecule has 4 rings (SSSR count). The minimum atomic E-state index is -0.147. The molecule has 0 bridgehead atoms. The van der Waals surface area contributed by atoms with Crippen LogP contribution in [0.4, 0.5) is 0 Å². The third kappa shape index (κ3) is 2.90. The van der Waals surface area contributed by atoms with Gasteiger partial charge in [0.2, 0.25) is 0 Å². The Labute approximate surface area is 166 Å². The molecule has 8 heteroatoms. The van der Waals surface area contributed by atoms with Crippen LogP contribution in [0.3, 0.4) is 0 Å². The Kier molecular flexibility index (Phi) is 4.50. The van der Waals surface area contributed by atoms with Gasteiger partial charge in [-0.25, -0.2) is 9.67 Å².